The Kier molecular flexibility index (Phi) is 8.46. The van der Waals surface area contributed by atoms with Crippen molar-refractivity contribution in [3.63, 3.8) is 0 Å². The summed E-state index contributed by atoms with van der Waals surface area (Å²) in [7, 11) is 0. The van der Waals surface area contributed by atoms with Gasteiger partial charge in [0.1, 0.15) is 0 Å². The second kappa shape index (κ2) is 8.69. The molecule has 20 heavy (non-hydrogen) atoms. The minimum atomic E-state index is 0.00857. The highest BCUT2D eigenvalue weighted by atomic mass is 16.5. The van der Waals surface area contributed by atoms with Crippen molar-refractivity contribution < 1.29 is 9.53 Å². The molecule has 0 saturated heterocycles. The maximum atomic E-state index is 12.5. The molecule has 0 radical (unpaired) electrons. The van der Waals surface area contributed by atoms with E-state index in [2.05, 4.69) is 48.5 Å². The second-order valence-electron chi connectivity index (χ2n) is 7.53. The average molecular weight is 284 g/mol. The minimum absolute atomic E-state index is 0.00857. The molecule has 120 valence electrons. The summed E-state index contributed by atoms with van der Waals surface area (Å²) in [4.78, 5) is 12.5. The third kappa shape index (κ3) is 6.76. The number of hydrogen-bond donors (Lipinski definition) is 0. The van der Waals surface area contributed by atoms with Crippen molar-refractivity contribution in [2.45, 2.75) is 87.0 Å². The van der Waals surface area contributed by atoms with Crippen molar-refractivity contribution >= 4 is 5.97 Å². The smallest absolute Gasteiger partial charge is 0.309 e. The molecule has 2 heteroatoms. The number of carbonyl (C=O) groups is 1. The summed E-state index contributed by atoms with van der Waals surface area (Å²) in [5.74, 6) is 0.0210. The highest BCUT2D eigenvalue weighted by Gasteiger charge is 2.38. The number of esters is 1. The van der Waals surface area contributed by atoms with Gasteiger partial charge >= 0.3 is 5.97 Å². The van der Waals surface area contributed by atoms with Gasteiger partial charge in [-0.15, -0.1) is 0 Å². The Morgan fingerprint density at radius 2 is 1.65 bits per heavy atom. The standard InChI is InChI=1S/C18H36O2/c1-8-11-13-20-16(19)15(14-17(4,5)10-3)18(6,7)12-9-2/h15H,8-14H2,1-7H3. The summed E-state index contributed by atoms with van der Waals surface area (Å²) in [6.45, 7) is 16.0. The molecule has 0 rings (SSSR count). The van der Waals surface area contributed by atoms with Crippen LogP contribution < -0.4 is 0 Å². The second-order valence-corrected chi connectivity index (χ2v) is 7.53. The monoisotopic (exact) mass is 284 g/mol. The van der Waals surface area contributed by atoms with E-state index in [1.807, 2.05) is 0 Å². The fourth-order valence-corrected chi connectivity index (χ4v) is 2.61. The lowest BCUT2D eigenvalue weighted by Crippen LogP contribution is -2.36. The SMILES string of the molecule is CCCCOC(=O)C(CC(C)(C)CC)C(C)(C)CCC. The lowest BCUT2D eigenvalue weighted by atomic mass is 9.68. The van der Waals surface area contributed by atoms with E-state index in [0.29, 0.717) is 6.61 Å². The molecule has 0 spiro atoms. The van der Waals surface area contributed by atoms with Crippen LogP contribution in [0.3, 0.4) is 0 Å². The fraction of sp³-hybridized carbons (Fsp3) is 0.944. The molecule has 0 bridgehead atoms. The molecule has 0 N–H and O–H groups in total. The third-order valence-electron chi connectivity index (χ3n) is 4.58. The number of carbonyl (C=O) groups excluding carboxylic acids is 1. The van der Waals surface area contributed by atoms with E-state index < -0.39 is 0 Å². The van der Waals surface area contributed by atoms with Crippen molar-refractivity contribution in [1.82, 2.24) is 0 Å². The molecule has 0 fully saturated rings. The summed E-state index contributed by atoms with van der Waals surface area (Å²) < 4.78 is 5.53. The zero-order valence-corrected chi connectivity index (χ0v) is 14.8. The largest absolute Gasteiger partial charge is 0.465 e. The summed E-state index contributed by atoms with van der Waals surface area (Å²) >= 11 is 0. The van der Waals surface area contributed by atoms with Crippen LogP contribution in [0.15, 0.2) is 0 Å². The number of rotatable bonds is 10. The van der Waals surface area contributed by atoms with Crippen molar-refractivity contribution in [2.24, 2.45) is 16.7 Å². The Balaban J connectivity index is 4.91. The maximum Gasteiger partial charge on any atom is 0.309 e. The highest BCUT2D eigenvalue weighted by Crippen LogP contribution is 2.41. The Morgan fingerprint density at radius 1 is 1.05 bits per heavy atom. The molecule has 1 atom stereocenters. The number of unbranched alkanes of at least 4 members (excludes halogenated alkanes) is 1. The molecule has 0 aromatic rings. The van der Waals surface area contributed by atoms with Crippen LogP contribution in [0.25, 0.3) is 0 Å². The van der Waals surface area contributed by atoms with E-state index in [-0.39, 0.29) is 22.7 Å². The predicted octanol–water partition coefficient (Wildman–Crippen LogP) is 5.60. The van der Waals surface area contributed by atoms with Crippen molar-refractivity contribution in [3.8, 4) is 0 Å². The highest BCUT2D eigenvalue weighted by molar-refractivity contribution is 5.73. The maximum absolute atomic E-state index is 12.5. The van der Waals surface area contributed by atoms with Gasteiger partial charge in [-0.2, -0.15) is 0 Å². The Bertz CT molecular complexity index is 279. The van der Waals surface area contributed by atoms with Crippen LogP contribution in [-0.4, -0.2) is 12.6 Å². The van der Waals surface area contributed by atoms with Crippen LogP contribution in [-0.2, 0) is 9.53 Å². The molecule has 2 nitrogen and oxygen atoms in total. The molecule has 0 saturated carbocycles. The molecular formula is C18H36O2. The molecule has 0 aromatic carbocycles. The summed E-state index contributed by atoms with van der Waals surface area (Å²) in [6, 6.07) is 0. The zero-order chi connectivity index (χ0) is 15.8. The van der Waals surface area contributed by atoms with Gasteiger partial charge in [-0.1, -0.05) is 67.7 Å². The van der Waals surface area contributed by atoms with Gasteiger partial charge in [0.15, 0.2) is 0 Å². The van der Waals surface area contributed by atoms with Gasteiger partial charge < -0.3 is 4.74 Å². The number of ether oxygens (including phenoxy) is 1. The first kappa shape index (κ1) is 19.5. The first-order chi connectivity index (χ1) is 9.20. The van der Waals surface area contributed by atoms with E-state index >= 15 is 0 Å². The predicted molar refractivity (Wildman–Crippen MR) is 86.7 cm³/mol. The summed E-state index contributed by atoms with van der Waals surface area (Å²) in [6.07, 6.45) is 6.22. The van der Waals surface area contributed by atoms with Gasteiger partial charge in [-0.25, -0.2) is 0 Å². The van der Waals surface area contributed by atoms with E-state index in [0.717, 1.165) is 38.5 Å². The van der Waals surface area contributed by atoms with Gasteiger partial charge in [-0.05, 0) is 30.1 Å². The van der Waals surface area contributed by atoms with Gasteiger partial charge in [0.05, 0.1) is 12.5 Å². The molecular weight excluding hydrogens is 248 g/mol. The normalized spacial score (nSPS) is 14.2. The summed E-state index contributed by atoms with van der Waals surface area (Å²) in [5.41, 5.74) is 0.212. The lowest BCUT2D eigenvalue weighted by Gasteiger charge is -2.37. The quantitative estimate of drug-likeness (QED) is 0.385. The van der Waals surface area contributed by atoms with E-state index in [1.54, 1.807) is 0 Å². The van der Waals surface area contributed by atoms with Gasteiger partial charge in [0.2, 0.25) is 0 Å². The van der Waals surface area contributed by atoms with E-state index in [1.165, 1.54) is 0 Å². The van der Waals surface area contributed by atoms with Gasteiger partial charge in [-0.3, -0.25) is 4.79 Å². The first-order valence-corrected chi connectivity index (χ1v) is 8.36. The molecule has 0 aliphatic rings. The van der Waals surface area contributed by atoms with Crippen LogP contribution in [0.1, 0.15) is 87.0 Å². The molecule has 0 heterocycles. The minimum Gasteiger partial charge on any atom is -0.465 e. The van der Waals surface area contributed by atoms with Crippen molar-refractivity contribution in [1.29, 1.82) is 0 Å². The first-order valence-electron chi connectivity index (χ1n) is 8.36. The van der Waals surface area contributed by atoms with Crippen LogP contribution in [0, 0.1) is 16.7 Å². The van der Waals surface area contributed by atoms with Crippen LogP contribution in [0.2, 0.25) is 0 Å². The topological polar surface area (TPSA) is 26.3 Å². The Morgan fingerprint density at radius 3 is 2.10 bits per heavy atom. The zero-order valence-electron chi connectivity index (χ0n) is 14.8. The summed E-state index contributed by atoms with van der Waals surface area (Å²) in [5, 5.41) is 0. The average Bonchev–Trinajstić information content (AvgIpc) is 2.36. The Labute approximate surface area is 126 Å². The van der Waals surface area contributed by atoms with Crippen LogP contribution in [0.5, 0.6) is 0 Å². The van der Waals surface area contributed by atoms with E-state index in [9.17, 15) is 4.79 Å². The molecule has 0 aliphatic heterocycles. The molecule has 0 aliphatic carbocycles. The van der Waals surface area contributed by atoms with Crippen LogP contribution in [0.4, 0.5) is 0 Å². The van der Waals surface area contributed by atoms with Crippen LogP contribution >= 0.6 is 0 Å². The molecule has 0 aromatic heterocycles. The molecule has 1 unspecified atom stereocenters. The molecule has 0 amide bonds. The Hall–Kier alpha value is -0.530. The number of hydrogen-bond acceptors (Lipinski definition) is 2. The van der Waals surface area contributed by atoms with Crippen molar-refractivity contribution in [2.75, 3.05) is 6.61 Å². The fourth-order valence-electron chi connectivity index (χ4n) is 2.61. The van der Waals surface area contributed by atoms with Gasteiger partial charge in [0, 0.05) is 0 Å². The lowest BCUT2D eigenvalue weighted by molar-refractivity contribution is -0.155. The van der Waals surface area contributed by atoms with E-state index in [4.69, 9.17) is 4.74 Å². The third-order valence-corrected chi connectivity index (χ3v) is 4.58. The van der Waals surface area contributed by atoms with Gasteiger partial charge in [0.25, 0.3) is 0 Å². The van der Waals surface area contributed by atoms with Crippen molar-refractivity contribution in [3.05, 3.63) is 0 Å².